The van der Waals surface area contributed by atoms with E-state index in [1.165, 1.54) is 4.90 Å². The Morgan fingerprint density at radius 3 is 2.65 bits per heavy atom. The first-order valence-electron chi connectivity index (χ1n) is 10.4. The summed E-state index contributed by atoms with van der Waals surface area (Å²) < 4.78 is 0. The van der Waals surface area contributed by atoms with Gasteiger partial charge < -0.3 is 20.3 Å². The largest absolute Gasteiger partial charge is 0.480 e. The molecule has 3 heterocycles. The third-order valence-electron chi connectivity index (χ3n) is 6.22. The van der Waals surface area contributed by atoms with Gasteiger partial charge in [-0.05, 0) is 37.3 Å². The molecular formula is C22H26N4O5. The first kappa shape index (κ1) is 20.9. The van der Waals surface area contributed by atoms with Crippen molar-refractivity contribution in [2.24, 2.45) is 5.92 Å². The van der Waals surface area contributed by atoms with E-state index in [4.69, 9.17) is 5.11 Å². The Morgan fingerprint density at radius 2 is 1.97 bits per heavy atom. The standard InChI is InChI=1S/C22H26N4O5/c1-12(2)10-16(19(29)23-11-17(27)28)26-20(30)22(3)18-14(8-9-25(22)21(26)31)13-6-4-5-7-15(13)24-18/h4-7,12,16,24H,8-11H2,1-3H3,(H,23,29)(H,27,28)/t16-,22+/m1/s1. The van der Waals surface area contributed by atoms with Gasteiger partial charge in [0.2, 0.25) is 5.91 Å². The van der Waals surface area contributed by atoms with Gasteiger partial charge in [0.15, 0.2) is 5.54 Å². The van der Waals surface area contributed by atoms with E-state index in [2.05, 4.69) is 10.3 Å². The van der Waals surface area contributed by atoms with Gasteiger partial charge in [0.1, 0.15) is 12.6 Å². The second kappa shape index (κ2) is 7.40. The molecule has 0 unspecified atom stereocenters. The van der Waals surface area contributed by atoms with Gasteiger partial charge in [-0.3, -0.25) is 14.4 Å². The molecule has 164 valence electrons. The predicted octanol–water partition coefficient (Wildman–Crippen LogP) is 1.82. The number of nitrogens with zero attached hydrogens (tertiary/aromatic N) is 2. The molecule has 0 saturated carbocycles. The second-order valence-electron chi connectivity index (χ2n) is 8.71. The van der Waals surface area contributed by atoms with Gasteiger partial charge in [-0.1, -0.05) is 32.0 Å². The minimum Gasteiger partial charge on any atom is -0.480 e. The Balaban J connectivity index is 1.76. The van der Waals surface area contributed by atoms with Gasteiger partial charge in [-0.2, -0.15) is 0 Å². The third kappa shape index (κ3) is 3.15. The molecule has 4 rings (SSSR count). The lowest BCUT2D eigenvalue weighted by molar-refractivity contribution is -0.141. The summed E-state index contributed by atoms with van der Waals surface area (Å²) in [5.74, 6) is -2.29. The first-order chi connectivity index (χ1) is 14.7. The molecule has 0 bridgehead atoms. The Kier molecular flexibility index (Phi) is 4.99. The lowest BCUT2D eigenvalue weighted by atomic mass is 9.87. The molecule has 0 spiro atoms. The van der Waals surface area contributed by atoms with Crippen molar-refractivity contribution >= 4 is 34.7 Å². The van der Waals surface area contributed by atoms with E-state index in [1.54, 1.807) is 6.92 Å². The Hall–Kier alpha value is -3.36. The summed E-state index contributed by atoms with van der Waals surface area (Å²) in [5, 5.41) is 12.3. The van der Waals surface area contributed by atoms with Crippen molar-refractivity contribution in [2.75, 3.05) is 13.1 Å². The molecule has 2 aromatic rings. The van der Waals surface area contributed by atoms with E-state index in [0.717, 1.165) is 21.4 Å². The van der Waals surface area contributed by atoms with Gasteiger partial charge in [0.05, 0.1) is 5.69 Å². The number of hydrogen-bond acceptors (Lipinski definition) is 4. The van der Waals surface area contributed by atoms with E-state index >= 15 is 0 Å². The molecule has 0 aliphatic carbocycles. The molecule has 1 saturated heterocycles. The number of rotatable bonds is 6. The number of carboxylic acid groups (broad SMARTS) is 1. The quantitative estimate of drug-likeness (QED) is 0.608. The lowest BCUT2D eigenvalue weighted by Crippen LogP contribution is -2.52. The van der Waals surface area contributed by atoms with Crippen LogP contribution in [-0.4, -0.2) is 62.8 Å². The van der Waals surface area contributed by atoms with Crippen LogP contribution < -0.4 is 5.32 Å². The fourth-order valence-corrected chi connectivity index (χ4v) is 4.75. The Bertz CT molecular complexity index is 1090. The van der Waals surface area contributed by atoms with Gasteiger partial charge >= 0.3 is 12.0 Å². The number of carboxylic acids is 1. The number of para-hydroxylation sites is 1. The zero-order chi connectivity index (χ0) is 22.5. The number of carbonyl (C=O) groups is 4. The first-order valence-corrected chi connectivity index (χ1v) is 10.4. The highest BCUT2D eigenvalue weighted by Crippen LogP contribution is 2.44. The normalized spacial score (nSPS) is 21.4. The van der Waals surface area contributed by atoms with Crippen LogP contribution in [0.4, 0.5) is 4.79 Å². The Labute approximate surface area is 179 Å². The van der Waals surface area contributed by atoms with Crippen LogP contribution in [0.3, 0.4) is 0 Å². The van der Waals surface area contributed by atoms with E-state index < -0.39 is 41.9 Å². The van der Waals surface area contributed by atoms with E-state index in [9.17, 15) is 19.2 Å². The van der Waals surface area contributed by atoms with Crippen molar-refractivity contribution in [2.45, 2.75) is 45.2 Å². The van der Waals surface area contributed by atoms with E-state index in [1.807, 2.05) is 38.1 Å². The van der Waals surface area contributed by atoms with Crippen LogP contribution in [0.25, 0.3) is 10.9 Å². The highest BCUT2D eigenvalue weighted by molar-refractivity contribution is 6.11. The minimum atomic E-state index is -1.24. The lowest BCUT2D eigenvalue weighted by Gasteiger charge is -2.36. The number of urea groups is 1. The van der Waals surface area contributed by atoms with Crippen molar-refractivity contribution in [3.8, 4) is 0 Å². The number of aromatic nitrogens is 1. The summed E-state index contributed by atoms with van der Waals surface area (Å²) in [4.78, 5) is 56.7. The van der Waals surface area contributed by atoms with Gasteiger partial charge in [-0.25, -0.2) is 9.69 Å². The number of fused-ring (bicyclic) bond motifs is 5. The fourth-order valence-electron chi connectivity index (χ4n) is 4.75. The molecule has 0 radical (unpaired) electrons. The molecule has 2 atom stereocenters. The highest BCUT2D eigenvalue weighted by Gasteiger charge is 2.60. The van der Waals surface area contributed by atoms with Crippen molar-refractivity contribution in [1.82, 2.24) is 20.1 Å². The maximum absolute atomic E-state index is 13.7. The van der Waals surface area contributed by atoms with Gasteiger partial charge in [-0.15, -0.1) is 0 Å². The predicted molar refractivity (Wildman–Crippen MR) is 112 cm³/mol. The molecule has 9 nitrogen and oxygen atoms in total. The van der Waals surface area contributed by atoms with Crippen LogP contribution in [0.15, 0.2) is 24.3 Å². The van der Waals surface area contributed by atoms with Crippen LogP contribution in [0.2, 0.25) is 0 Å². The number of benzene rings is 1. The average molecular weight is 426 g/mol. The van der Waals surface area contributed by atoms with Crippen LogP contribution >= 0.6 is 0 Å². The van der Waals surface area contributed by atoms with E-state index in [0.29, 0.717) is 18.7 Å². The summed E-state index contributed by atoms with van der Waals surface area (Å²) in [6, 6.07) is 6.17. The molecule has 9 heteroatoms. The SMILES string of the molecule is CC(C)C[C@H](C(=O)NCC(=O)O)N1C(=O)N2CCc3c([nH]c4ccccc34)[C@@]2(C)C1=O. The number of hydrogen-bond donors (Lipinski definition) is 3. The van der Waals surface area contributed by atoms with Crippen molar-refractivity contribution < 1.29 is 24.3 Å². The van der Waals surface area contributed by atoms with Crippen LogP contribution in [0.5, 0.6) is 0 Å². The molecule has 1 fully saturated rings. The smallest absolute Gasteiger partial charge is 0.328 e. The zero-order valence-corrected chi connectivity index (χ0v) is 17.8. The molecule has 2 aliphatic heterocycles. The molecule has 4 amide bonds. The number of imide groups is 1. The summed E-state index contributed by atoms with van der Waals surface area (Å²) in [6.07, 6.45) is 0.842. The van der Waals surface area contributed by atoms with Gasteiger partial charge in [0, 0.05) is 17.4 Å². The van der Waals surface area contributed by atoms with Crippen molar-refractivity contribution in [3.05, 3.63) is 35.5 Å². The molecule has 1 aromatic carbocycles. The zero-order valence-electron chi connectivity index (χ0n) is 17.8. The number of nitrogens with one attached hydrogen (secondary N) is 2. The summed E-state index contributed by atoms with van der Waals surface area (Å²) in [7, 11) is 0. The summed E-state index contributed by atoms with van der Waals surface area (Å²) >= 11 is 0. The number of aliphatic carboxylic acids is 1. The monoisotopic (exact) mass is 426 g/mol. The third-order valence-corrected chi connectivity index (χ3v) is 6.22. The average Bonchev–Trinajstić information content (AvgIpc) is 3.19. The van der Waals surface area contributed by atoms with Crippen LogP contribution in [0, 0.1) is 5.92 Å². The molecule has 3 N–H and O–H groups in total. The molecule has 1 aromatic heterocycles. The maximum atomic E-state index is 13.7. The molecule has 2 aliphatic rings. The van der Waals surface area contributed by atoms with Crippen molar-refractivity contribution in [3.63, 3.8) is 0 Å². The molecule has 31 heavy (non-hydrogen) atoms. The number of aromatic amines is 1. The Morgan fingerprint density at radius 1 is 1.26 bits per heavy atom. The topological polar surface area (TPSA) is 123 Å². The summed E-state index contributed by atoms with van der Waals surface area (Å²) in [5.41, 5.74) is 1.33. The van der Waals surface area contributed by atoms with Gasteiger partial charge in [0.25, 0.3) is 5.91 Å². The number of carbonyl (C=O) groups excluding carboxylic acids is 3. The minimum absolute atomic E-state index is 0.00949. The number of H-pyrrole nitrogens is 1. The fraction of sp³-hybridized carbons (Fsp3) is 0.455. The molecular weight excluding hydrogens is 400 g/mol. The maximum Gasteiger partial charge on any atom is 0.328 e. The second-order valence-corrected chi connectivity index (χ2v) is 8.71. The highest BCUT2D eigenvalue weighted by atomic mass is 16.4. The number of amides is 4. The summed E-state index contributed by atoms with van der Waals surface area (Å²) in [6.45, 7) is 5.26. The van der Waals surface area contributed by atoms with Crippen LogP contribution in [0.1, 0.15) is 38.4 Å². The van der Waals surface area contributed by atoms with Crippen molar-refractivity contribution in [1.29, 1.82) is 0 Å². The van der Waals surface area contributed by atoms with Crippen LogP contribution in [-0.2, 0) is 26.3 Å². The van der Waals surface area contributed by atoms with E-state index in [-0.39, 0.29) is 12.3 Å².